The van der Waals surface area contributed by atoms with Gasteiger partial charge in [-0.25, -0.2) is 4.79 Å². The summed E-state index contributed by atoms with van der Waals surface area (Å²) in [5, 5.41) is -1.23. The monoisotopic (exact) mass is 393 g/mol. The van der Waals surface area contributed by atoms with E-state index in [1.54, 1.807) is 4.90 Å². The molecule has 2 aliphatic rings. The Balaban J connectivity index is 1.68. The maximum absolute atomic E-state index is 13.0. The van der Waals surface area contributed by atoms with Crippen LogP contribution in [0.5, 0.6) is 0 Å². The highest BCUT2D eigenvalue weighted by atomic mass is 32.3. The minimum atomic E-state index is -4.66. The van der Waals surface area contributed by atoms with E-state index in [9.17, 15) is 21.9 Å². The molecule has 10 heteroatoms. The van der Waals surface area contributed by atoms with Gasteiger partial charge < -0.3 is 14.5 Å². The number of ether oxygens (including phenoxy) is 1. The van der Waals surface area contributed by atoms with Crippen molar-refractivity contribution in [3.05, 3.63) is 0 Å². The Hall–Kier alpha value is -1.42. The SMILES string of the molecule is CC(C)(C)OC(=O)N1CCN(CCCN2CC(S(=O)(=O)F)CC2=O)CC1. The van der Waals surface area contributed by atoms with Crippen molar-refractivity contribution in [3.8, 4) is 0 Å². The minimum absolute atomic E-state index is 0.0654. The van der Waals surface area contributed by atoms with Gasteiger partial charge in [0.2, 0.25) is 5.91 Å². The van der Waals surface area contributed by atoms with Gasteiger partial charge in [-0.1, -0.05) is 0 Å². The molecular formula is C16H28FN3O5S. The molecule has 2 rings (SSSR count). The number of hydrogen-bond donors (Lipinski definition) is 0. The zero-order valence-electron chi connectivity index (χ0n) is 15.6. The predicted octanol–water partition coefficient (Wildman–Crippen LogP) is 0.829. The lowest BCUT2D eigenvalue weighted by Crippen LogP contribution is -2.50. The second kappa shape index (κ2) is 8.08. The first kappa shape index (κ1) is 20.9. The number of rotatable bonds is 5. The van der Waals surface area contributed by atoms with E-state index < -0.39 is 21.1 Å². The van der Waals surface area contributed by atoms with Crippen LogP contribution in [0.1, 0.15) is 33.6 Å². The van der Waals surface area contributed by atoms with Crippen molar-refractivity contribution in [2.24, 2.45) is 0 Å². The third-order valence-electron chi connectivity index (χ3n) is 4.50. The largest absolute Gasteiger partial charge is 0.444 e. The fraction of sp³-hybridized carbons (Fsp3) is 0.875. The number of halogens is 1. The summed E-state index contributed by atoms with van der Waals surface area (Å²) in [7, 11) is -4.66. The van der Waals surface area contributed by atoms with Gasteiger partial charge in [-0.2, -0.15) is 8.42 Å². The van der Waals surface area contributed by atoms with Crippen molar-refractivity contribution >= 4 is 22.2 Å². The number of likely N-dealkylation sites (tertiary alicyclic amines) is 1. The molecule has 0 radical (unpaired) electrons. The number of carbonyl (C=O) groups is 2. The summed E-state index contributed by atoms with van der Waals surface area (Å²) >= 11 is 0. The van der Waals surface area contributed by atoms with Gasteiger partial charge >= 0.3 is 16.3 Å². The molecule has 2 heterocycles. The summed E-state index contributed by atoms with van der Waals surface area (Å²) in [5.74, 6) is -0.314. The van der Waals surface area contributed by atoms with Crippen LogP contribution in [0.3, 0.4) is 0 Å². The first-order valence-electron chi connectivity index (χ1n) is 8.87. The van der Waals surface area contributed by atoms with Gasteiger partial charge in [0.05, 0.1) is 0 Å². The van der Waals surface area contributed by atoms with Crippen LogP contribution in [0.15, 0.2) is 0 Å². The molecule has 150 valence electrons. The van der Waals surface area contributed by atoms with E-state index in [0.717, 1.165) is 6.54 Å². The molecule has 0 aromatic rings. The van der Waals surface area contributed by atoms with Crippen LogP contribution < -0.4 is 0 Å². The van der Waals surface area contributed by atoms with E-state index in [-0.39, 0.29) is 25.0 Å². The molecule has 0 aromatic heterocycles. The molecule has 8 nitrogen and oxygen atoms in total. The fourth-order valence-corrected chi connectivity index (χ4v) is 3.81. The average molecular weight is 393 g/mol. The first-order valence-corrected chi connectivity index (χ1v) is 10.3. The summed E-state index contributed by atoms with van der Waals surface area (Å²) in [4.78, 5) is 29.1. The van der Waals surface area contributed by atoms with Crippen molar-refractivity contribution in [2.45, 2.75) is 44.5 Å². The molecule has 0 aliphatic carbocycles. The molecule has 26 heavy (non-hydrogen) atoms. The predicted molar refractivity (Wildman–Crippen MR) is 93.9 cm³/mol. The molecule has 2 fully saturated rings. The number of piperazine rings is 1. The standard InChI is InChI=1S/C16H28FN3O5S/c1-16(2,3)25-15(22)19-9-7-18(8-10-19)5-4-6-20-12-13(11-14(20)21)26(17,23)24/h13H,4-12H2,1-3H3. The van der Waals surface area contributed by atoms with Crippen LogP contribution in [-0.2, 0) is 19.8 Å². The van der Waals surface area contributed by atoms with Gasteiger partial charge in [0, 0.05) is 45.7 Å². The Morgan fingerprint density at radius 1 is 1.19 bits per heavy atom. The van der Waals surface area contributed by atoms with Gasteiger partial charge in [0.25, 0.3) is 0 Å². The number of nitrogens with zero attached hydrogens (tertiary/aromatic N) is 3. The maximum Gasteiger partial charge on any atom is 0.410 e. The third kappa shape index (κ3) is 6.08. The van der Waals surface area contributed by atoms with E-state index in [0.29, 0.717) is 39.1 Å². The highest BCUT2D eigenvalue weighted by Gasteiger charge is 2.38. The van der Waals surface area contributed by atoms with Gasteiger partial charge in [0.15, 0.2) is 0 Å². The Morgan fingerprint density at radius 3 is 2.31 bits per heavy atom. The Morgan fingerprint density at radius 2 is 1.81 bits per heavy atom. The molecular weight excluding hydrogens is 365 g/mol. The Labute approximate surface area is 154 Å². The minimum Gasteiger partial charge on any atom is -0.444 e. The average Bonchev–Trinajstić information content (AvgIpc) is 2.88. The zero-order chi connectivity index (χ0) is 19.5. The van der Waals surface area contributed by atoms with Crippen molar-refractivity contribution < 1.29 is 26.6 Å². The van der Waals surface area contributed by atoms with Crippen LogP contribution in [0.2, 0.25) is 0 Å². The topological polar surface area (TPSA) is 87.2 Å². The smallest absolute Gasteiger partial charge is 0.410 e. The summed E-state index contributed by atoms with van der Waals surface area (Å²) in [6.07, 6.45) is 0.100. The Bertz CT molecular complexity index is 626. The number of carbonyl (C=O) groups excluding carboxylic acids is 2. The lowest BCUT2D eigenvalue weighted by atomic mass is 10.2. The van der Waals surface area contributed by atoms with Crippen molar-refractivity contribution in [3.63, 3.8) is 0 Å². The lowest BCUT2D eigenvalue weighted by Gasteiger charge is -2.35. The normalized spacial score (nSPS) is 22.8. The van der Waals surface area contributed by atoms with Crippen LogP contribution in [-0.4, -0.2) is 91.8 Å². The highest BCUT2D eigenvalue weighted by Crippen LogP contribution is 2.20. The van der Waals surface area contributed by atoms with Crippen LogP contribution >= 0.6 is 0 Å². The molecule has 1 atom stereocenters. The van der Waals surface area contributed by atoms with Crippen molar-refractivity contribution in [1.29, 1.82) is 0 Å². The number of hydrogen-bond acceptors (Lipinski definition) is 6. The second-order valence-corrected chi connectivity index (χ2v) is 9.42. The quantitative estimate of drug-likeness (QED) is 0.643. The fourth-order valence-electron chi connectivity index (χ4n) is 3.11. The number of amides is 2. The van der Waals surface area contributed by atoms with E-state index in [1.807, 2.05) is 20.8 Å². The van der Waals surface area contributed by atoms with Gasteiger partial charge in [-0.05, 0) is 33.7 Å². The molecule has 2 aliphatic heterocycles. The van der Waals surface area contributed by atoms with Crippen LogP contribution in [0.25, 0.3) is 0 Å². The Kier molecular flexibility index (Phi) is 6.49. The van der Waals surface area contributed by atoms with E-state index in [1.165, 1.54) is 4.90 Å². The van der Waals surface area contributed by atoms with Crippen molar-refractivity contribution in [1.82, 2.24) is 14.7 Å². The molecule has 2 saturated heterocycles. The van der Waals surface area contributed by atoms with Crippen molar-refractivity contribution in [2.75, 3.05) is 45.8 Å². The molecule has 0 aromatic carbocycles. The summed E-state index contributed by atoms with van der Waals surface area (Å²) in [6, 6.07) is 0. The third-order valence-corrected chi connectivity index (χ3v) is 5.62. The molecule has 0 spiro atoms. The van der Waals surface area contributed by atoms with Gasteiger partial charge in [-0.3, -0.25) is 9.69 Å². The first-order chi connectivity index (χ1) is 12.0. The van der Waals surface area contributed by atoms with E-state index >= 15 is 0 Å². The molecule has 1 unspecified atom stereocenters. The lowest BCUT2D eigenvalue weighted by molar-refractivity contribution is -0.127. The summed E-state index contributed by atoms with van der Waals surface area (Å²) in [6.45, 7) is 9.18. The van der Waals surface area contributed by atoms with Gasteiger partial charge in [0.1, 0.15) is 10.9 Å². The maximum atomic E-state index is 13.0. The molecule has 0 N–H and O–H groups in total. The second-order valence-electron chi connectivity index (χ2n) is 7.80. The van der Waals surface area contributed by atoms with E-state index in [4.69, 9.17) is 4.74 Å². The summed E-state index contributed by atoms with van der Waals surface area (Å²) in [5.41, 5.74) is -0.512. The zero-order valence-corrected chi connectivity index (χ0v) is 16.4. The summed E-state index contributed by atoms with van der Waals surface area (Å²) < 4.78 is 40.2. The molecule has 0 bridgehead atoms. The van der Waals surface area contributed by atoms with Gasteiger partial charge in [-0.15, -0.1) is 3.89 Å². The van der Waals surface area contributed by atoms with Crippen LogP contribution in [0, 0.1) is 0 Å². The molecule has 0 saturated carbocycles. The van der Waals surface area contributed by atoms with Crippen LogP contribution in [0.4, 0.5) is 8.68 Å². The highest BCUT2D eigenvalue weighted by molar-refractivity contribution is 7.87. The molecule has 2 amide bonds. The van der Waals surface area contributed by atoms with E-state index in [2.05, 4.69) is 4.90 Å².